The minimum Gasteiger partial charge on any atom is -0.323 e. The van der Waals surface area contributed by atoms with E-state index in [4.69, 9.17) is 5.73 Å². The first-order chi connectivity index (χ1) is 6.52. The fourth-order valence-corrected chi connectivity index (χ4v) is 3.66. The van der Waals surface area contributed by atoms with E-state index in [1.165, 1.54) is 11.1 Å². The monoisotopic (exact) mass is 207 g/mol. The van der Waals surface area contributed by atoms with Crippen LogP contribution in [0.4, 0.5) is 0 Å². The van der Waals surface area contributed by atoms with Gasteiger partial charge in [-0.15, -0.1) is 11.8 Å². The molecule has 0 spiro atoms. The van der Waals surface area contributed by atoms with Crippen molar-refractivity contribution in [1.29, 1.82) is 0 Å². The second-order valence-electron chi connectivity index (χ2n) is 4.47. The van der Waals surface area contributed by atoms with Crippen LogP contribution in [0.25, 0.3) is 0 Å². The molecule has 2 rings (SSSR count). The largest absolute Gasteiger partial charge is 0.323 e. The number of fused-ring (bicyclic) bond motifs is 1. The topological polar surface area (TPSA) is 26.0 Å². The van der Waals surface area contributed by atoms with Gasteiger partial charge in [0.15, 0.2) is 0 Å². The Kier molecular flexibility index (Phi) is 2.36. The Hall–Kier alpha value is -0.470. The van der Waals surface area contributed by atoms with Crippen molar-refractivity contribution in [2.24, 2.45) is 5.73 Å². The van der Waals surface area contributed by atoms with Crippen LogP contribution in [0.15, 0.2) is 24.3 Å². The molecule has 0 fully saturated rings. The van der Waals surface area contributed by atoms with Gasteiger partial charge in [0, 0.05) is 16.0 Å². The summed E-state index contributed by atoms with van der Waals surface area (Å²) in [7, 11) is 0. The molecule has 76 valence electrons. The summed E-state index contributed by atoms with van der Waals surface area (Å²) < 4.78 is 0.147. The molecule has 2 unspecified atom stereocenters. The quantitative estimate of drug-likeness (QED) is 0.706. The summed E-state index contributed by atoms with van der Waals surface area (Å²) in [5.41, 5.74) is 9.00. The highest BCUT2D eigenvalue weighted by Crippen LogP contribution is 2.50. The molecule has 0 saturated heterocycles. The van der Waals surface area contributed by atoms with Gasteiger partial charge < -0.3 is 5.73 Å². The molecule has 1 nitrogen and oxygen atoms in total. The SMILES string of the molecule is CC1SC(C)(C)C(N)c2ccccc21. The van der Waals surface area contributed by atoms with Crippen LogP contribution in [0.1, 0.15) is 43.2 Å². The third-order valence-corrected chi connectivity index (χ3v) is 4.47. The van der Waals surface area contributed by atoms with Crippen LogP contribution >= 0.6 is 11.8 Å². The van der Waals surface area contributed by atoms with Gasteiger partial charge in [0.05, 0.1) is 0 Å². The molecule has 14 heavy (non-hydrogen) atoms. The highest BCUT2D eigenvalue weighted by molar-refractivity contribution is 8.00. The van der Waals surface area contributed by atoms with Crippen LogP contribution in [-0.4, -0.2) is 4.75 Å². The molecule has 0 aromatic heterocycles. The van der Waals surface area contributed by atoms with E-state index in [-0.39, 0.29) is 10.8 Å². The van der Waals surface area contributed by atoms with E-state index >= 15 is 0 Å². The van der Waals surface area contributed by atoms with Crippen molar-refractivity contribution in [1.82, 2.24) is 0 Å². The van der Waals surface area contributed by atoms with Crippen molar-refractivity contribution in [3.63, 3.8) is 0 Å². The average molecular weight is 207 g/mol. The first-order valence-corrected chi connectivity index (χ1v) is 5.92. The maximum Gasteiger partial charge on any atom is 0.0442 e. The van der Waals surface area contributed by atoms with E-state index in [2.05, 4.69) is 45.0 Å². The Labute approximate surface area is 90.1 Å². The number of benzene rings is 1. The molecule has 2 N–H and O–H groups in total. The van der Waals surface area contributed by atoms with Gasteiger partial charge in [-0.25, -0.2) is 0 Å². The van der Waals surface area contributed by atoms with Crippen molar-refractivity contribution < 1.29 is 0 Å². The summed E-state index contributed by atoms with van der Waals surface area (Å²) in [4.78, 5) is 0. The third-order valence-electron chi connectivity index (χ3n) is 3.00. The molecule has 2 heteroatoms. The Morgan fingerprint density at radius 2 is 1.79 bits per heavy atom. The third kappa shape index (κ3) is 1.47. The van der Waals surface area contributed by atoms with E-state index in [0.717, 1.165) is 0 Å². The van der Waals surface area contributed by atoms with Crippen LogP contribution in [0, 0.1) is 0 Å². The summed E-state index contributed by atoms with van der Waals surface area (Å²) in [5.74, 6) is 0. The minimum atomic E-state index is 0.147. The van der Waals surface area contributed by atoms with Crippen LogP contribution in [0.5, 0.6) is 0 Å². The van der Waals surface area contributed by atoms with Crippen molar-refractivity contribution in [3.8, 4) is 0 Å². The van der Waals surface area contributed by atoms with E-state index in [1.54, 1.807) is 0 Å². The Morgan fingerprint density at radius 3 is 2.43 bits per heavy atom. The predicted molar refractivity (Wildman–Crippen MR) is 63.5 cm³/mol. The first kappa shape index (κ1) is 10.1. The number of hydrogen-bond donors (Lipinski definition) is 1. The Balaban J connectivity index is 2.52. The minimum absolute atomic E-state index is 0.147. The molecular weight excluding hydrogens is 190 g/mol. The van der Waals surface area contributed by atoms with Gasteiger partial charge in [0.25, 0.3) is 0 Å². The van der Waals surface area contributed by atoms with Gasteiger partial charge in [-0.1, -0.05) is 24.3 Å². The lowest BCUT2D eigenvalue weighted by molar-refractivity contribution is 0.545. The van der Waals surface area contributed by atoms with Gasteiger partial charge >= 0.3 is 0 Å². The van der Waals surface area contributed by atoms with Crippen LogP contribution in [0.2, 0.25) is 0 Å². The van der Waals surface area contributed by atoms with E-state index in [9.17, 15) is 0 Å². The molecule has 0 saturated carbocycles. The zero-order chi connectivity index (χ0) is 10.3. The lowest BCUT2D eigenvalue weighted by Crippen LogP contribution is -2.36. The van der Waals surface area contributed by atoms with Gasteiger partial charge in [-0.3, -0.25) is 0 Å². The fourth-order valence-electron chi connectivity index (χ4n) is 2.13. The Bertz CT molecular complexity index is 346. The van der Waals surface area contributed by atoms with Crippen LogP contribution < -0.4 is 5.73 Å². The predicted octanol–water partition coefficient (Wildman–Crippen LogP) is 3.27. The molecule has 0 amide bonds. The molecule has 0 radical (unpaired) electrons. The number of rotatable bonds is 0. The molecule has 1 heterocycles. The average Bonchev–Trinajstić information content (AvgIpc) is 2.14. The highest BCUT2D eigenvalue weighted by Gasteiger charge is 2.36. The second kappa shape index (κ2) is 3.28. The normalized spacial score (nSPS) is 29.7. The summed E-state index contributed by atoms with van der Waals surface area (Å²) in [6, 6.07) is 8.69. The Morgan fingerprint density at radius 1 is 1.21 bits per heavy atom. The summed E-state index contributed by atoms with van der Waals surface area (Å²) in [6.45, 7) is 6.72. The van der Waals surface area contributed by atoms with Crippen LogP contribution in [-0.2, 0) is 0 Å². The zero-order valence-electron chi connectivity index (χ0n) is 8.95. The fraction of sp³-hybridized carbons (Fsp3) is 0.500. The molecule has 1 aliphatic heterocycles. The molecule has 1 aromatic carbocycles. The van der Waals surface area contributed by atoms with Gasteiger partial charge in [0.1, 0.15) is 0 Å². The summed E-state index contributed by atoms with van der Waals surface area (Å²) in [6.07, 6.45) is 0. The van der Waals surface area contributed by atoms with E-state index in [0.29, 0.717) is 5.25 Å². The van der Waals surface area contributed by atoms with Crippen molar-refractivity contribution in [2.75, 3.05) is 0 Å². The van der Waals surface area contributed by atoms with Crippen molar-refractivity contribution >= 4 is 11.8 Å². The standard InChI is InChI=1S/C12H17NS/c1-8-9-6-4-5-7-10(9)11(13)12(2,3)14-8/h4-8,11H,13H2,1-3H3. The molecule has 1 aromatic rings. The van der Waals surface area contributed by atoms with Crippen molar-refractivity contribution in [2.45, 2.75) is 36.8 Å². The maximum atomic E-state index is 6.27. The van der Waals surface area contributed by atoms with Gasteiger partial charge in [-0.2, -0.15) is 0 Å². The molecule has 2 atom stereocenters. The smallest absolute Gasteiger partial charge is 0.0442 e. The molecule has 1 aliphatic rings. The summed E-state index contributed by atoms with van der Waals surface area (Å²) in [5, 5.41) is 0.556. The van der Waals surface area contributed by atoms with E-state index < -0.39 is 0 Å². The number of hydrogen-bond acceptors (Lipinski definition) is 2. The molecular formula is C12H17NS. The second-order valence-corrected chi connectivity index (χ2v) is 6.47. The van der Waals surface area contributed by atoms with Gasteiger partial charge in [0.2, 0.25) is 0 Å². The van der Waals surface area contributed by atoms with Crippen LogP contribution in [0.3, 0.4) is 0 Å². The summed E-state index contributed by atoms with van der Waals surface area (Å²) >= 11 is 1.97. The lowest BCUT2D eigenvalue weighted by atomic mass is 9.90. The van der Waals surface area contributed by atoms with Crippen molar-refractivity contribution in [3.05, 3.63) is 35.4 Å². The van der Waals surface area contributed by atoms with Gasteiger partial charge in [-0.05, 0) is 31.9 Å². The number of thioether (sulfide) groups is 1. The molecule has 0 aliphatic carbocycles. The highest BCUT2D eigenvalue weighted by atomic mass is 32.2. The first-order valence-electron chi connectivity index (χ1n) is 5.04. The maximum absolute atomic E-state index is 6.27. The lowest BCUT2D eigenvalue weighted by Gasteiger charge is -2.40. The molecule has 0 bridgehead atoms. The zero-order valence-corrected chi connectivity index (χ0v) is 9.77. The number of nitrogens with two attached hydrogens (primary N) is 1. The van der Waals surface area contributed by atoms with E-state index in [1.807, 2.05) is 11.8 Å².